The van der Waals surface area contributed by atoms with Crippen LogP contribution in [0.25, 0.3) is 0 Å². The van der Waals surface area contributed by atoms with E-state index in [9.17, 15) is 0 Å². The molecule has 0 radical (unpaired) electrons. The monoisotopic (exact) mass is 236 g/mol. The van der Waals surface area contributed by atoms with Crippen molar-refractivity contribution in [1.29, 1.82) is 0 Å². The first-order valence-corrected chi connectivity index (χ1v) is 5.58. The van der Waals surface area contributed by atoms with Crippen molar-refractivity contribution in [3.8, 4) is 0 Å². The van der Waals surface area contributed by atoms with E-state index in [1.165, 1.54) is 0 Å². The summed E-state index contributed by atoms with van der Waals surface area (Å²) >= 11 is 3.52. The number of rotatable bonds is 6. The Labute approximate surface area is 82.7 Å². The summed E-state index contributed by atoms with van der Waals surface area (Å²) in [7, 11) is 0. The van der Waals surface area contributed by atoms with Gasteiger partial charge in [0, 0.05) is 11.4 Å². The van der Waals surface area contributed by atoms with Crippen molar-refractivity contribution in [1.82, 2.24) is 0 Å². The Bertz CT molecular complexity index is 113. The fourth-order valence-corrected chi connectivity index (χ4v) is 1.99. The van der Waals surface area contributed by atoms with E-state index in [-0.39, 0.29) is 0 Å². The molecule has 0 amide bonds. The molecule has 0 aromatic carbocycles. The van der Waals surface area contributed by atoms with Crippen molar-refractivity contribution < 1.29 is 9.47 Å². The lowest BCUT2D eigenvalue weighted by molar-refractivity contribution is -0.0250. The molecule has 0 bridgehead atoms. The number of hydrogen-bond donors (Lipinski definition) is 0. The lowest BCUT2D eigenvalue weighted by atomic mass is 9.96. The van der Waals surface area contributed by atoms with Gasteiger partial charge in [-0.15, -0.1) is 0 Å². The first kappa shape index (κ1) is 10.5. The summed E-state index contributed by atoms with van der Waals surface area (Å²) in [4.78, 5) is 0.694. The van der Waals surface area contributed by atoms with E-state index in [1.54, 1.807) is 0 Å². The second kappa shape index (κ2) is 5.95. The van der Waals surface area contributed by atoms with Crippen LogP contribution in [0, 0.1) is 0 Å². The van der Waals surface area contributed by atoms with Crippen LogP contribution >= 0.6 is 15.9 Å². The molecule has 0 spiro atoms. The van der Waals surface area contributed by atoms with E-state index in [0.717, 1.165) is 39.1 Å². The van der Waals surface area contributed by atoms with E-state index in [1.807, 2.05) is 0 Å². The van der Waals surface area contributed by atoms with Gasteiger partial charge in [0.15, 0.2) is 0 Å². The summed E-state index contributed by atoms with van der Waals surface area (Å²) in [6, 6.07) is 0. The van der Waals surface area contributed by atoms with Crippen molar-refractivity contribution in [2.24, 2.45) is 0 Å². The van der Waals surface area contributed by atoms with Gasteiger partial charge in [0.1, 0.15) is 0 Å². The van der Waals surface area contributed by atoms with Crippen LogP contribution < -0.4 is 0 Å². The first-order valence-electron chi connectivity index (χ1n) is 4.66. The second-order valence-electron chi connectivity index (χ2n) is 3.17. The van der Waals surface area contributed by atoms with Crippen molar-refractivity contribution >= 4 is 15.9 Å². The molecule has 0 unspecified atom stereocenters. The molecule has 0 N–H and O–H groups in total. The lowest BCUT2D eigenvalue weighted by Crippen LogP contribution is -2.32. The molecule has 0 saturated heterocycles. The zero-order valence-corrected chi connectivity index (χ0v) is 9.18. The summed E-state index contributed by atoms with van der Waals surface area (Å²) in [5.41, 5.74) is 0. The summed E-state index contributed by atoms with van der Waals surface area (Å²) in [6.07, 6.45) is 3.90. The standard InChI is InChI=1S/C9H17BrO2/c1-2-3-11-4-5-12-9-6-8(10)7-9/h8-9H,2-7H2,1H3. The summed E-state index contributed by atoms with van der Waals surface area (Å²) < 4.78 is 10.8. The molecule has 0 aromatic rings. The van der Waals surface area contributed by atoms with Crippen LogP contribution in [-0.4, -0.2) is 30.8 Å². The average Bonchev–Trinajstić information content (AvgIpc) is 2.00. The van der Waals surface area contributed by atoms with E-state index < -0.39 is 0 Å². The highest BCUT2D eigenvalue weighted by atomic mass is 79.9. The number of halogens is 1. The minimum atomic E-state index is 0.486. The highest BCUT2D eigenvalue weighted by Gasteiger charge is 2.26. The van der Waals surface area contributed by atoms with Gasteiger partial charge in [0.2, 0.25) is 0 Å². The van der Waals surface area contributed by atoms with Crippen molar-refractivity contribution in [3.05, 3.63) is 0 Å². The van der Waals surface area contributed by atoms with Crippen LogP contribution in [0.1, 0.15) is 26.2 Å². The molecule has 1 aliphatic carbocycles. The molecule has 12 heavy (non-hydrogen) atoms. The molecule has 0 heterocycles. The third-order valence-corrected chi connectivity index (χ3v) is 2.71. The van der Waals surface area contributed by atoms with E-state index in [2.05, 4.69) is 22.9 Å². The van der Waals surface area contributed by atoms with E-state index in [0.29, 0.717) is 10.9 Å². The maximum atomic E-state index is 5.54. The van der Waals surface area contributed by atoms with Gasteiger partial charge in [-0.3, -0.25) is 0 Å². The van der Waals surface area contributed by atoms with E-state index >= 15 is 0 Å². The topological polar surface area (TPSA) is 18.5 Å². The zero-order chi connectivity index (χ0) is 8.81. The molecule has 72 valence electrons. The SMILES string of the molecule is CCCOCCOC1CC(Br)C1. The molecule has 0 aliphatic heterocycles. The molecule has 1 rings (SSSR count). The van der Waals surface area contributed by atoms with E-state index in [4.69, 9.17) is 9.47 Å². The Morgan fingerprint density at radius 2 is 2.00 bits per heavy atom. The predicted octanol–water partition coefficient (Wildman–Crippen LogP) is 2.36. The molecular weight excluding hydrogens is 220 g/mol. The Balaban J connectivity index is 1.77. The summed E-state index contributed by atoms with van der Waals surface area (Å²) in [6.45, 7) is 4.47. The predicted molar refractivity (Wildman–Crippen MR) is 52.8 cm³/mol. The molecule has 1 saturated carbocycles. The number of hydrogen-bond acceptors (Lipinski definition) is 2. The van der Waals surface area contributed by atoms with Crippen molar-refractivity contribution in [3.63, 3.8) is 0 Å². The molecule has 2 nitrogen and oxygen atoms in total. The number of ether oxygens (including phenoxy) is 2. The zero-order valence-electron chi connectivity index (χ0n) is 7.59. The van der Waals surface area contributed by atoms with Gasteiger partial charge < -0.3 is 9.47 Å². The molecule has 0 atom stereocenters. The Kier molecular flexibility index (Phi) is 5.19. The van der Waals surface area contributed by atoms with Crippen LogP contribution in [0.15, 0.2) is 0 Å². The van der Waals surface area contributed by atoms with Crippen molar-refractivity contribution in [2.75, 3.05) is 19.8 Å². The third-order valence-electron chi connectivity index (χ3n) is 1.97. The van der Waals surface area contributed by atoms with Crippen LogP contribution in [0.4, 0.5) is 0 Å². The molecule has 3 heteroatoms. The largest absolute Gasteiger partial charge is 0.379 e. The molecule has 1 aliphatic rings. The van der Waals surface area contributed by atoms with Gasteiger partial charge >= 0.3 is 0 Å². The van der Waals surface area contributed by atoms with Crippen LogP contribution in [0.3, 0.4) is 0 Å². The highest BCUT2D eigenvalue weighted by molar-refractivity contribution is 9.09. The third kappa shape index (κ3) is 3.87. The summed E-state index contributed by atoms with van der Waals surface area (Å²) in [5.74, 6) is 0. The Hall–Kier alpha value is 0.400. The van der Waals surface area contributed by atoms with Gasteiger partial charge in [-0.05, 0) is 19.3 Å². The van der Waals surface area contributed by atoms with Crippen LogP contribution in [0.2, 0.25) is 0 Å². The maximum Gasteiger partial charge on any atom is 0.0704 e. The van der Waals surface area contributed by atoms with Gasteiger partial charge in [-0.25, -0.2) is 0 Å². The van der Waals surface area contributed by atoms with Gasteiger partial charge in [-0.1, -0.05) is 22.9 Å². The number of alkyl halides is 1. The quantitative estimate of drug-likeness (QED) is 0.521. The first-order chi connectivity index (χ1) is 5.83. The lowest BCUT2D eigenvalue weighted by Gasteiger charge is -2.30. The van der Waals surface area contributed by atoms with Crippen molar-refractivity contribution in [2.45, 2.75) is 37.1 Å². The smallest absolute Gasteiger partial charge is 0.0704 e. The molecule has 0 aromatic heterocycles. The van der Waals surface area contributed by atoms with Crippen LogP contribution in [-0.2, 0) is 9.47 Å². The van der Waals surface area contributed by atoms with Gasteiger partial charge in [-0.2, -0.15) is 0 Å². The second-order valence-corrected chi connectivity index (χ2v) is 4.47. The molecule has 1 fully saturated rings. The van der Waals surface area contributed by atoms with Gasteiger partial charge in [0.05, 0.1) is 19.3 Å². The Morgan fingerprint density at radius 3 is 2.58 bits per heavy atom. The normalized spacial score (nSPS) is 28.5. The fourth-order valence-electron chi connectivity index (χ4n) is 1.16. The Morgan fingerprint density at radius 1 is 1.25 bits per heavy atom. The fraction of sp³-hybridized carbons (Fsp3) is 1.00. The minimum Gasteiger partial charge on any atom is -0.379 e. The van der Waals surface area contributed by atoms with Gasteiger partial charge in [0.25, 0.3) is 0 Å². The highest BCUT2D eigenvalue weighted by Crippen LogP contribution is 2.29. The van der Waals surface area contributed by atoms with Crippen LogP contribution in [0.5, 0.6) is 0 Å². The molecular formula is C9H17BrO2. The maximum absolute atomic E-state index is 5.54. The minimum absolute atomic E-state index is 0.486. The summed E-state index contributed by atoms with van der Waals surface area (Å²) in [5, 5.41) is 0. The average molecular weight is 237 g/mol.